The molecule has 10 atom stereocenters. The van der Waals surface area contributed by atoms with Gasteiger partial charge in [0.05, 0.1) is 67.1 Å². The van der Waals surface area contributed by atoms with Crippen LogP contribution >= 0.6 is 11.3 Å². The van der Waals surface area contributed by atoms with Crippen molar-refractivity contribution < 1.29 is 97.6 Å². The van der Waals surface area contributed by atoms with Gasteiger partial charge in [-0.15, -0.1) is 16.4 Å². The van der Waals surface area contributed by atoms with Crippen LogP contribution in [0.5, 0.6) is 51.7 Å². The lowest BCUT2D eigenvalue weighted by Gasteiger charge is -2.48. The quantitative estimate of drug-likeness (QED) is 0.0538. The maximum Gasteiger partial charge on any atom is 0.352 e. The van der Waals surface area contributed by atoms with Gasteiger partial charge in [0.1, 0.15) is 53.7 Å². The number of aromatic nitrogens is 9. The molecule has 3 fully saturated rings. The number of ether oxygens (including phenoxy) is 9. The molecule has 8 aliphatic rings. The number of imidazole rings is 1. The maximum atomic E-state index is 13.5. The number of rotatable bonds is 11. The van der Waals surface area contributed by atoms with Crippen molar-refractivity contribution in [3.8, 4) is 96.3 Å². The van der Waals surface area contributed by atoms with Crippen LogP contribution in [0.15, 0.2) is 223 Å². The van der Waals surface area contributed by atoms with Crippen molar-refractivity contribution in [2.75, 3.05) is 34.2 Å². The van der Waals surface area contributed by atoms with E-state index in [-0.39, 0.29) is 83.2 Å². The van der Waals surface area contributed by atoms with E-state index in [0.717, 1.165) is 91.9 Å². The molecule has 8 bridgehead atoms. The molecular formula is C96H78N10O21S. The van der Waals surface area contributed by atoms with Crippen molar-refractivity contribution in [2.24, 2.45) is 24.6 Å². The lowest BCUT2D eigenvalue weighted by molar-refractivity contribution is -0.368. The molecule has 31 nitrogen and oxygen atoms in total. The molecule has 0 radical (unpaired) electrons. The molecular weight excluding hydrogens is 1660 g/mol. The van der Waals surface area contributed by atoms with Gasteiger partial charge in [0, 0.05) is 85.5 Å². The van der Waals surface area contributed by atoms with E-state index in [4.69, 9.17) is 58.3 Å². The smallest absolute Gasteiger partial charge is 0.352 e. The van der Waals surface area contributed by atoms with E-state index in [9.17, 15) is 59.7 Å². The number of nitrogens with zero attached hydrogens (tertiary/aromatic N) is 7. The molecule has 14 aromatic rings. The number of thiophene rings is 1. The maximum absolute atomic E-state index is 13.5. The number of aromatic amines is 2. The first-order chi connectivity index (χ1) is 62.1. The van der Waals surface area contributed by atoms with Crippen LogP contribution in [0.1, 0.15) is 105 Å². The van der Waals surface area contributed by atoms with E-state index in [1.165, 1.54) is 38.9 Å². The molecule has 6 aliphatic heterocycles. The number of nitrogens with one attached hydrogen (secondary N) is 2. The monoisotopic (exact) mass is 1740 g/mol. The average Bonchev–Trinajstić information content (AvgIpc) is 1.43. The number of aryl methyl sites for hydroxylation is 3. The van der Waals surface area contributed by atoms with Crippen LogP contribution in [0, 0.1) is 11.8 Å². The third-order valence-corrected chi connectivity index (χ3v) is 24.4. The fraction of sp³-hybridized carbons (Fsp3) is 0.188. The molecule has 0 saturated carbocycles. The molecule has 1 unspecified atom stereocenters. The Morgan fingerprint density at radius 2 is 1.07 bits per heavy atom. The zero-order chi connectivity index (χ0) is 88.4. The van der Waals surface area contributed by atoms with Crippen molar-refractivity contribution in [3.63, 3.8) is 0 Å². The number of primary amides is 1. The first-order valence-electron chi connectivity index (χ1n) is 40.6. The van der Waals surface area contributed by atoms with Crippen molar-refractivity contribution in [1.82, 2.24) is 44.3 Å². The van der Waals surface area contributed by atoms with Crippen molar-refractivity contribution >= 4 is 74.6 Å². The first-order valence-corrected chi connectivity index (χ1v) is 41.5. The number of fused-ring (bicyclic) bond motifs is 15. The summed E-state index contributed by atoms with van der Waals surface area (Å²) in [4.78, 5) is 82.3. The van der Waals surface area contributed by atoms with Gasteiger partial charge in [-0.25, -0.2) is 19.2 Å². The van der Waals surface area contributed by atoms with E-state index in [1.54, 1.807) is 115 Å². The van der Waals surface area contributed by atoms with E-state index < -0.39 is 78.4 Å². The number of benzene rings is 8. The van der Waals surface area contributed by atoms with Gasteiger partial charge in [-0.1, -0.05) is 108 Å². The number of phenolic OH excluding ortho intramolecular Hbond substituents is 5. The van der Waals surface area contributed by atoms with Gasteiger partial charge in [0.2, 0.25) is 12.5 Å². The molecule has 8 aromatic carbocycles. The number of amides is 1. The number of esters is 1. The Bertz CT molecular complexity index is 6770. The Hall–Kier alpha value is -15.2. The minimum absolute atomic E-state index is 0.0242. The number of phenols is 5. The molecule has 11 N–H and O–H groups in total. The highest BCUT2D eigenvalue weighted by atomic mass is 32.1. The van der Waals surface area contributed by atoms with Gasteiger partial charge in [0.25, 0.3) is 5.91 Å². The second-order valence-electron chi connectivity index (χ2n) is 31.2. The number of H-pyrrole nitrogens is 2. The first kappa shape index (κ1) is 82.4. The van der Waals surface area contributed by atoms with E-state index in [0.29, 0.717) is 74.7 Å². The number of aliphatic hydroxyl groups is 2. The largest absolute Gasteiger partial charge is 0.508 e. The number of ketones is 2. The van der Waals surface area contributed by atoms with Crippen LogP contribution in [0.25, 0.3) is 84.4 Å². The van der Waals surface area contributed by atoms with Gasteiger partial charge in [-0.3, -0.25) is 24.2 Å². The lowest BCUT2D eigenvalue weighted by Crippen LogP contribution is -2.62. The number of carbonyl (C=O) groups is 4. The number of nitrogens with two attached hydrogens (primary N) is 1. The van der Waals surface area contributed by atoms with Gasteiger partial charge in [0.15, 0.2) is 58.5 Å². The highest BCUT2D eigenvalue weighted by molar-refractivity contribution is 7.10. The standard InChI is InChI=1S/C44H32N4O4.C32H32O13S.C14H8O2.C6H6N6O2/c49-29-9-1-5-25(21-29)41-33-13-15-35(45-33)42(26-6-2-10-30(50)22-26)37-17-19-39(47-37)44(28-8-4-12-32(52)24-28)40-20-18-38(48-40)43(36-16-14-34(41)46-36)27-7-3-11-31(51)23-27;1-37-19-6-13(7-20(38-2)25(19)33)23-14-8-17-18(42-12-41-17)9-15(14)28(16-10-39-30(36)24(16)23)44-32-27(35)26(34)29-21(43-32)11-40-31(45-29)22-4-3-5-46-22;15-13-9-5-1-2-6-10(9)14(16)12-8-4-3-7-11(12)13;1-11-6(14)12-2-8-3(4(7)13)5(12)9-10-11/h1-17,19,21-24,46-47,49-52H,18,20H2;3-9,16,21,23-24,26-29,31-35H,10-12H2,1-2H3;1-8H;2H,1H3,(H2,7,13)/t;16-,21+,23+,24-,26+,27+,28+,29+,31?,32-;;/m.0../s1. The van der Waals surface area contributed by atoms with Crippen LogP contribution in [0.3, 0.4) is 0 Å². The zero-order valence-corrected chi connectivity index (χ0v) is 69.0. The average molecular weight is 1740 g/mol. The number of methoxy groups -OCH3 is 2. The Kier molecular flexibility index (Phi) is 21.9. The van der Waals surface area contributed by atoms with Crippen LogP contribution in [-0.4, -0.2) is 168 Å². The minimum atomic E-state index is -1.47. The number of hydrogen-bond acceptors (Lipinski definition) is 27. The van der Waals surface area contributed by atoms with Gasteiger partial charge < -0.3 is 94.1 Å². The predicted molar refractivity (Wildman–Crippen MR) is 466 cm³/mol. The summed E-state index contributed by atoms with van der Waals surface area (Å²) in [5.41, 5.74) is 21.4. The Morgan fingerprint density at radius 3 is 1.56 bits per heavy atom. The van der Waals surface area contributed by atoms with Gasteiger partial charge >= 0.3 is 11.7 Å². The summed E-state index contributed by atoms with van der Waals surface area (Å²) in [5, 5.41) is 84.5. The Morgan fingerprint density at radius 1 is 0.562 bits per heavy atom. The second kappa shape index (κ2) is 34.1. The summed E-state index contributed by atoms with van der Waals surface area (Å²) in [6, 6.07) is 61.3. The number of cyclic esters (lactones) is 1. The molecule has 644 valence electrons. The van der Waals surface area contributed by atoms with E-state index >= 15 is 0 Å². The molecule has 128 heavy (non-hydrogen) atoms. The summed E-state index contributed by atoms with van der Waals surface area (Å²) in [7, 11) is 4.31. The normalized spacial score (nSPS) is 20.1. The number of aliphatic hydroxyl groups excluding tert-OH is 2. The van der Waals surface area contributed by atoms with Crippen molar-refractivity contribution in [1.29, 1.82) is 0 Å². The summed E-state index contributed by atoms with van der Waals surface area (Å²) in [5.74, 6) is -1.38. The molecule has 1 amide bonds. The topological polar surface area (TPSA) is 441 Å². The molecule has 32 heteroatoms. The Balaban J connectivity index is 0.000000126. The number of carbonyl (C=O) groups excluding carboxylic acids is 4. The van der Waals surface area contributed by atoms with Crippen LogP contribution in [0.2, 0.25) is 0 Å². The highest BCUT2D eigenvalue weighted by Gasteiger charge is 2.57. The SMILES string of the molecule is COc1cc([C@@H]2c3cc4c(cc3[C@@H](O[C@@H]3O[C@@H]5COC(c6cccs6)O[C@H]5[C@H](O)[C@H]3O)[C@H]3COC(=O)[C@H]23)OCO4)cc(OC)c1O.Cn1nnc2c(C(N)=O)ncn2c1=O.O=C1c2ccccc2C(=O)c2ccccc21.Oc1cccc(-c2c3nc(c(-c4cccc(O)c4)c4ccc([nH]4)c(-c4cccc(O)c4)c4nc(c(-c5cccc(O)c5)c5ccc2[nH]5)CC4)C=C3)c1. The number of aromatic hydroxyl groups is 5. The van der Waals surface area contributed by atoms with E-state index in [1.807, 2.05) is 109 Å². The molecule has 0 spiro atoms. The zero-order valence-electron chi connectivity index (χ0n) is 68.2. The van der Waals surface area contributed by atoms with E-state index in [2.05, 4.69) is 25.3 Å². The fourth-order valence-corrected chi connectivity index (χ4v) is 18.4. The number of hydrogen-bond donors (Lipinski definition) is 10. The minimum Gasteiger partial charge on any atom is -0.508 e. The summed E-state index contributed by atoms with van der Waals surface area (Å²) >= 11 is 1.46. The van der Waals surface area contributed by atoms with Crippen molar-refractivity contribution in [3.05, 3.63) is 301 Å². The van der Waals surface area contributed by atoms with Crippen LogP contribution < -0.4 is 30.4 Å². The Labute approximate surface area is 730 Å². The fourth-order valence-electron chi connectivity index (χ4n) is 17.7. The molecule has 3 saturated heterocycles. The molecule has 6 aromatic heterocycles. The van der Waals surface area contributed by atoms with Crippen molar-refractivity contribution in [2.45, 2.75) is 61.9 Å². The lowest BCUT2D eigenvalue weighted by atomic mass is 9.66. The summed E-state index contributed by atoms with van der Waals surface area (Å²) < 4.78 is 54.7. The second-order valence-corrected chi connectivity index (χ2v) is 32.1. The van der Waals surface area contributed by atoms with Crippen LogP contribution in [-0.2, 0) is 48.4 Å². The molecule has 2 aliphatic carbocycles. The molecule has 12 heterocycles. The predicted octanol–water partition coefficient (Wildman–Crippen LogP) is 12.9. The third kappa shape index (κ3) is 15.3. The summed E-state index contributed by atoms with van der Waals surface area (Å²) in [6.07, 6.45) is -0.767. The van der Waals surface area contributed by atoms with Gasteiger partial charge in [-0.05, 0) is 172 Å². The summed E-state index contributed by atoms with van der Waals surface area (Å²) in [6.45, 7) is 0.171. The van der Waals surface area contributed by atoms with Crippen LogP contribution in [0.4, 0.5) is 0 Å². The molecule has 22 rings (SSSR count). The van der Waals surface area contributed by atoms with Gasteiger partial charge in [-0.2, -0.15) is 4.68 Å². The highest BCUT2D eigenvalue weighted by Crippen LogP contribution is 2.58. The third-order valence-electron chi connectivity index (χ3n) is 23.5.